The van der Waals surface area contributed by atoms with Crippen LogP contribution in [0.5, 0.6) is 0 Å². The lowest BCUT2D eigenvalue weighted by atomic mass is 9.94. The highest BCUT2D eigenvalue weighted by Gasteiger charge is 2.19. The first kappa shape index (κ1) is 31.5. The molecule has 0 saturated carbocycles. The molecule has 0 spiro atoms. The number of fused-ring (bicyclic) bond motifs is 3. The first-order valence-electron chi connectivity index (χ1n) is 18.3. The van der Waals surface area contributed by atoms with Crippen molar-refractivity contribution in [2.75, 3.05) is 0 Å². The van der Waals surface area contributed by atoms with Gasteiger partial charge in [0.2, 0.25) is 0 Å². The summed E-state index contributed by atoms with van der Waals surface area (Å²) in [5.74, 6) is 1.91. The third-order valence-electron chi connectivity index (χ3n) is 10.3. The van der Waals surface area contributed by atoms with E-state index in [-0.39, 0.29) is 0 Å². The first-order chi connectivity index (χ1) is 26.7. The molecule has 10 rings (SSSR count). The van der Waals surface area contributed by atoms with Gasteiger partial charge in [-0.3, -0.25) is 0 Å². The van der Waals surface area contributed by atoms with Crippen molar-refractivity contribution in [1.82, 2.24) is 15.0 Å². The molecule has 54 heavy (non-hydrogen) atoms. The number of nitrogens with zero attached hydrogens (tertiary/aromatic N) is 3. The fourth-order valence-electron chi connectivity index (χ4n) is 7.60. The number of hydrogen-bond donors (Lipinski definition) is 0. The van der Waals surface area contributed by atoms with Crippen LogP contribution in [0.1, 0.15) is 0 Å². The van der Waals surface area contributed by atoms with Gasteiger partial charge in [0.1, 0.15) is 0 Å². The molecule has 9 aromatic carbocycles. The highest BCUT2D eigenvalue weighted by molar-refractivity contribution is 5.97. The Balaban J connectivity index is 1.12. The smallest absolute Gasteiger partial charge is 0.164 e. The van der Waals surface area contributed by atoms with Crippen LogP contribution in [0.3, 0.4) is 0 Å². The summed E-state index contributed by atoms with van der Waals surface area (Å²) in [6, 6.07) is 70.6. The summed E-state index contributed by atoms with van der Waals surface area (Å²) in [6.07, 6.45) is 0. The number of hydrogen-bond acceptors (Lipinski definition) is 3. The minimum absolute atomic E-state index is 0.633. The zero-order chi connectivity index (χ0) is 35.8. The molecule has 0 atom stereocenters. The second kappa shape index (κ2) is 13.4. The van der Waals surface area contributed by atoms with Gasteiger partial charge in [0.25, 0.3) is 0 Å². The van der Waals surface area contributed by atoms with Crippen LogP contribution in [0.2, 0.25) is 0 Å². The van der Waals surface area contributed by atoms with Crippen LogP contribution in [0.15, 0.2) is 200 Å². The first-order valence-corrected chi connectivity index (χ1v) is 18.3. The summed E-state index contributed by atoms with van der Waals surface area (Å²) < 4.78 is 0. The Labute approximate surface area is 313 Å². The van der Waals surface area contributed by atoms with Crippen LogP contribution in [0, 0.1) is 0 Å². The van der Waals surface area contributed by atoms with Crippen LogP contribution in [0.4, 0.5) is 0 Å². The maximum Gasteiger partial charge on any atom is 0.164 e. The van der Waals surface area contributed by atoms with Crippen molar-refractivity contribution in [2.45, 2.75) is 0 Å². The van der Waals surface area contributed by atoms with E-state index in [0.717, 1.165) is 49.7 Å². The van der Waals surface area contributed by atoms with E-state index in [1.807, 2.05) is 6.07 Å². The van der Waals surface area contributed by atoms with E-state index in [4.69, 9.17) is 15.0 Å². The van der Waals surface area contributed by atoms with E-state index < -0.39 is 0 Å². The van der Waals surface area contributed by atoms with Gasteiger partial charge in [-0.2, -0.15) is 0 Å². The molecule has 1 heterocycles. The molecule has 0 fully saturated rings. The average molecular weight is 688 g/mol. The van der Waals surface area contributed by atoms with Gasteiger partial charge in [-0.05, 0) is 83.9 Å². The zero-order valence-electron chi connectivity index (χ0n) is 29.4. The van der Waals surface area contributed by atoms with Crippen molar-refractivity contribution < 1.29 is 0 Å². The average Bonchev–Trinajstić information content (AvgIpc) is 3.26. The van der Waals surface area contributed by atoms with Gasteiger partial charge in [-0.15, -0.1) is 0 Å². The van der Waals surface area contributed by atoms with Crippen molar-refractivity contribution in [3.8, 4) is 67.5 Å². The molecule has 0 radical (unpaired) electrons. The Morgan fingerprint density at radius 2 is 0.630 bits per heavy atom. The molecule has 1 aromatic heterocycles. The van der Waals surface area contributed by atoms with E-state index in [2.05, 4.69) is 194 Å². The zero-order valence-corrected chi connectivity index (χ0v) is 29.4. The Bertz CT molecular complexity index is 3000. The Morgan fingerprint density at radius 1 is 0.222 bits per heavy atom. The van der Waals surface area contributed by atoms with Gasteiger partial charge >= 0.3 is 0 Å². The molecule has 0 aliphatic heterocycles. The lowest BCUT2D eigenvalue weighted by Gasteiger charge is -2.15. The summed E-state index contributed by atoms with van der Waals surface area (Å²) in [5, 5.41) is 7.11. The molecule has 0 amide bonds. The minimum atomic E-state index is 0.633. The molecule has 0 bridgehead atoms. The monoisotopic (exact) mass is 687 g/mol. The third-order valence-corrected chi connectivity index (χ3v) is 10.3. The SMILES string of the molecule is c1ccc(-c2ccccc2-c2nc(-c3ccccc3-c3ccc4cc(-c5ccc6ccccc6c5)ccc4c3)nc(-c3cccc4ccccc34)n2)cc1. The molecule has 0 unspecified atom stereocenters. The lowest BCUT2D eigenvalue weighted by molar-refractivity contribution is 1.08. The highest BCUT2D eigenvalue weighted by atomic mass is 15.0. The molecule has 3 nitrogen and oxygen atoms in total. The summed E-state index contributed by atoms with van der Waals surface area (Å²) >= 11 is 0. The second-order valence-corrected chi connectivity index (χ2v) is 13.6. The third kappa shape index (κ3) is 5.78. The molecule has 10 aromatic rings. The van der Waals surface area contributed by atoms with Crippen molar-refractivity contribution in [2.24, 2.45) is 0 Å². The number of aromatic nitrogens is 3. The van der Waals surface area contributed by atoms with E-state index in [0.29, 0.717) is 17.5 Å². The highest BCUT2D eigenvalue weighted by Crippen LogP contribution is 2.38. The standard InChI is InChI=1S/C51H33N3/c1-2-14-35(15-3-1)43-20-8-10-22-46(43)49-52-50(54-51(53-49)48-24-12-18-36-16-6-7-19-44(36)48)47-23-11-9-21-45(47)42-30-29-40-32-39(27-28-41(40)33-42)38-26-25-34-13-4-5-17-37(34)31-38/h1-33H. The molecule has 0 aliphatic rings. The number of benzene rings is 9. The molecule has 3 heteroatoms. The summed E-state index contributed by atoms with van der Waals surface area (Å²) in [5.41, 5.74) is 9.66. The van der Waals surface area contributed by atoms with Crippen LogP contribution in [-0.4, -0.2) is 15.0 Å². The molecular formula is C51H33N3. The van der Waals surface area contributed by atoms with E-state index in [9.17, 15) is 0 Å². The molecule has 0 N–H and O–H groups in total. The van der Waals surface area contributed by atoms with Crippen molar-refractivity contribution in [1.29, 1.82) is 0 Å². The molecule has 0 saturated heterocycles. The summed E-state index contributed by atoms with van der Waals surface area (Å²) in [6.45, 7) is 0. The van der Waals surface area contributed by atoms with Crippen molar-refractivity contribution in [3.05, 3.63) is 200 Å². The van der Waals surface area contributed by atoms with Gasteiger partial charge in [-0.25, -0.2) is 15.0 Å². The summed E-state index contributed by atoms with van der Waals surface area (Å²) in [4.78, 5) is 15.7. The van der Waals surface area contributed by atoms with Gasteiger partial charge in [0.05, 0.1) is 0 Å². The normalized spacial score (nSPS) is 11.3. The quantitative estimate of drug-likeness (QED) is 0.175. The van der Waals surface area contributed by atoms with Crippen LogP contribution in [-0.2, 0) is 0 Å². The topological polar surface area (TPSA) is 38.7 Å². The Kier molecular flexibility index (Phi) is 7.81. The van der Waals surface area contributed by atoms with Crippen LogP contribution >= 0.6 is 0 Å². The van der Waals surface area contributed by atoms with Crippen LogP contribution in [0.25, 0.3) is 99.9 Å². The van der Waals surface area contributed by atoms with Crippen LogP contribution < -0.4 is 0 Å². The largest absolute Gasteiger partial charge is 0.208 e. The number of rotatable bonds is 6. The summed E-state index contributed by atoms with van der Waals surface area (Å²) in [7, 11) is 0. The van der Waals surface area contributed by atoms with Crippen molar-refractivity contribution >= 4 is 32.3 Å². The van der Waals surface area contributed by atoms with Crippen molar-refractivity contribution in [3.63, 3.8) is 0 Å². The van der Waals surface area contributed by atoms with Gasteiger partial charge in [-0.1, -0.05) is 182 Å². The predicted octanol–water partition coefficient (Wildman–Crippen LogP) is 13.3. The fraction of sp³-hybridized carbons (Fsp3) is 0. The minimum Gasteiger partial charge on any atom is -0.208 e. The van der Waals surface area contributed by atoms with E-state index >= 15 is 0 Å². The molecule has 0 aliphatic carbocycles. The van der Waals surface area contributed by atoms with Gasteiger partial charge < -0.3 is 0 Å². The van der Waals surface area contributed by atoms with Gasteiger partial charge in [0, 0.05) is 16.7 Å². The van der Waals surface area contributed by atoms with E-state index in [1.54, 1.807) is 0 Å². The predicted molar refractivity (Wildman–Crippen MR) is 225 cm³/mol. The molecule has 252 valence electrons. The fourth-order valence-corrected chi connectivity index (χ4v) is 7.60. The maximum absolute atomic E-state index is 5.26. The van der Waals surface area contributed by atoms with E-state index in [1.165, 1.54) is 32.7 Å². The Morgan fingerprint density at radius 3 is 1.30 bits per heavy atom. The molecular weight excluding hydrogens is 655 g/mol. The maximum atomic E-state index is 5.26. The lowest BCUT2D eigenvalue weighted by Crippen LogP contribution is -2.02. The Hall–Kier alpha value is -7.23. The van der Waals surface area contributed by atoms with Gasteiger partial charge in [0.15, 0.2) is 17.5 Å². The second-order valence-electron chi connectivity index (χ2n) is 13.6.